The molecular weight excluding hydrogens is 397 g/mol. The number of aliphatic hydroxyl groups is 1. The highest BCUT2D eigenvalue weighted by Crippen LogP contribution is 2.30. The van der Waals surface area contributed by atoms with Gasteiger partial charge in [0.2, 0.25) is 0 Å². The first-order valence-electron chi connectivity index (χ1n) is 10.5. The van der Waals surface area contributed by atoms with Crippen molar-refractivity contribution in [1.29, 1.82) is 0 Å². The minimum Gasteiger partial charge on any atom is -0.444 e. The molecule has 1 aromatic heterocycles. The average Bonchev–Trinajstić information content (AvgIpc) is 2.67. The number of rotatable bonds is 5. The number of amides is 1. The van der Waals surface area contributed by atoms with Crippen molar-refractivity contribution in [2.45, 2.75) is 72.1 Å². The van der Waals surface area contributed by atoms with E-state index in [1.54, 1.807) is 52.0 Å². The predicted molar refractivity (Wildman–Crippen MR) is 122 cm³/mol. The van der Waals surface area contributed by atoms with Gasteiger partial charge < -0.3 is 20.9 Å². The Bertz CT molecular complexity index is 873. The van der Waals surface area contributed by atoms with Gasteiger partial charge in [-0.1, -0.05) is 13.8 Å². The van der Waals surface area contributed by atoms with Crippen molar-refractivity contribution in [2.75, 3.05) is 6.54 Å². The van der Waals surface area contributed by atoms with Crippen LogP contribution in [0.3, 0.4) is 0 Å². The van der Waals surface area contributed by atoms with Crippen molar-refractivity contribution < 1.29 is 19.0 Å². The van der Waals surface area contributed by atoms with Crippen molar-refractivity contribution >= 4 is 6.09 Å². The summed E-state index contributed by atoms with van der Waals surface area (Å²) in [6.45, 7) is 14.5. The number of halogens is 1. The number of pyridine rings is 1. The van der Waals surface area contributed by atoms with Gasteiger partial charge in [-0.15, -0.1) is 0 Å². The molecule has 7 heteroatoms. The van der Waals surface area contributed by atoms with E-state index < -0.39 is 22.8 Å². The van der Waals surface area contributed by atoms with Crippen molar-refractivity contribution in [1.82, 2.24) is 10.3 Å². The summed E-state index contributed by atoms with van der Waals surface area (Å²) < 4.78 is 18.7. The number of benzene rings is 1. The number of nitrogens with zero attached hydrogens (tertiary/aromatic N) is 1. The molecule has 4 N–H and O–H groups in total. The number of nitrogens with one attached hydrogen (secondary N) is 1. The van der Waals surface area contributed by atoms with E-state index >= 15 is 0 Å². The zero-order valence-electron chi connectivity index (χ0n) is 19.8. The van der Waals surface area contributed by atoms with E-state index in [2.05, 4.69) is 10.3 Å². The van der Waals surface area contributed by atoms with E-state index in [1.165, 1.54) is 12.1 Å². The molecule has 1 amide bonds. The van der Waals surface area contributed by atoms with Gasteiger partial charge in [-0.05, 0) is 83.5 Å². The first-order chi connectivity index (χ1) is 14.2. The van der Waals surface area contributed by atoms with Gasteiger partial charge in [-0.2, -0.15) is 0 Å². The van der Waals surface area contributed by atoms with Crippen LogP contribution in [0, 0.1) is 5.82 Å². The molecule has 1 unspecified atom stereocenters. The highest BCUT2D eigenvalue weighted by Gasteiger charge is 2.30. The maximum atomic E-state index is 13.3. The van der Waals surface area contributed by atoms with Crippen LogP contribution < -0.4 is 11.1 Å². The van der Waals surface area contributed by atoms with Gasteiger partial charge in [0.05, 0.1) is 16.9 Å². The zero-order chi connectivity index (χ0) is 24.0. The second-order valence-corrected chi connectivity index (χ2v) is 8.86. The highest BCUT2D eigenvalue weighted by atomic mass is 19.1. The summed E-state index contributed by atoms with van der Waals surface area (Å²) in [6.07, 6.45) is -0.560. The maximum Gasteiger partial charge on any atom is 0.408 e. The molecule has 0 radical (unpaired) electrons. The fourth-order valence-corrected chi connectivity index (χ4v) is 2.67. The van der Waals surface area contributed by atoms with Crippen LogP contribution in [-0.4, -0.2) is 28.3 Å². The van der Waals surface area contributed by atoms with E-state index in [0.29, 0.717) is 22.5 Å². The molecule has 0 bridgehead atoms. The lowest BCUT2D eigenvalue weighted by Crippen LogP contribution is -2.44. The van der Waals surface area contributed by atoms with Gasteiger partial charge in [-0.25, -0.2) is 14.2 Å². The molecule has 2 rings (SSSR count). The topological polar surface area (TPSA) is 97.5 Å². The predicted octanol–water partition coefficient (Wildman–Crippen LogP) is 4.84. The third-order valence-electron chi connectivity index (χ3n) is 4.45. The summed E-state index contributed by atoms with van der Waals surface area (Å²) in [5, 5.41) is 13.5. The van der Waals surface area contributed by atoms with Crippen LogP contribution in [0.25, 0.3) is 11.3 Å². The lowest BCUT2D eigenvalue weighted by atomic mass is 9.90. The molecule has 0 spiro atoms. The molecule has 0 aliphatic heterocycles. The summed E-state index contributed by atoms with van der Waals surface area (Å²) in [5.74, 6) is -0.356. The number of carbonyl (C=O) groups is 1. The zero-order valence-corrected chi connectivity index (χ0v) is 19.8. The van der Waals surface area contributed by atoms with E-state index in [1.807, 2.05) is 27.7 Å². The molecule has 0 aliphatic carbocycles. The Labute approximate surface area is 185 Å². The van der Waals surface area contributed by atoms with Crippen LogP contribution in [0.4, 0.5) is 9.18 Å². The summed E-state index contributed by atoms with van der Waals surface area (Å²) in [7, 11) is 0. The second-order valence-electron chi connectivity index (χ2n) is 8.86. The molecule has 1 heterocycles. The van der Waals surface area contributed by atoms with Crippen LogP contribution in [0.1, 0.15) is 66.6 Å². The van der Waals surface area contributed by atoms with Crippen LogP contribution in [0.2, 0.25) is 0 Å². The van der Waals surface area contributed by atoms with Crippen molar-refractivity contribution in [3.8, 4) is 11.3 Å². The van der Waals surface area contributed by atoms with Gasteiger partial charge >= 0.3 is 6.09 Å². The summed E-state index contributed by atoms with van der Waals surface area (Å²) in [4.78, 5) is 16.8. The van der Waals surface area contributed by atoms with E-state index in [9.17, 15) is 14.3 Å². The van der Waals surface area contributed by atoms with Gasteiger partial charge in [0.25, 0.3) is 0 Å². The number of nitrogens with two attached hydrogens (primary N) is 1. The lowest BCUT2D eigenvalue weighted by molar-refractivity contribution is 0.0470. The SMILES string of the molecule is CC.CC(C)(C)OC(=O)NC(C)(C)c1cc(-c2ccc(F)cc2)nc(C(C)(O)CN)c1. The number of hydrogen-bond acceptors (Lipinski definition) is 5. The third-order valence-corrected chi connectivity index (χ3v) is 4.45. The molecule has 0 saturated heterocycles. The quantitative estimate of drug-likeness (QED) is 0.627. The Morgan fingerprint density at radius 3 is 2.13 bits per heavy atom. The number of alkyl carbamates (subject to hydrolysis) is 1. The molecule has 31 heavy (non-hydrogen) atoms. The highest BCUT2D eigenvalue weighted by molar-refractivity contribution is 5.69. The number of hydrogen-bond donors (Lipinski definition) is 3. The molecule has 2 aromatic rings. The van der Waals surface area contributed by atoms with Gasteiger partial charge in [0, 0.05) is 12.1 Å². The molecule has 172 valence electrons. The first kappa shape index (κ1) is 26.5. The lowest BCUT2D eigenvalue weighted by Gasteiger charge is -2.31. The van der Waals surface area contributed by atoms with Crippen molar-refractivity contribution in [3.05, 3.63) is 53.5 Å². The fraction of sp³-hybridized carbons (Fsp3) is 0.500. The average molecular weight is 434 g/mol. The van der Waals surface area contributed by atoms with E-state index in [0.717, 1.165) is 0 Å². The van der Waals surface area contributed by atoms with Gasteiger partial charge in [-0.3, -0.25) is 0 Å². The Balaban J connectivity index is 0.00000233. The molecule has 6 nitrogen and oxygen atoms in total. The third kappa shape index (κ3) is 7.60. The van der Waals surface area contributed by atoms with Crippen molar-refractivity contribution in [2.24, 2.45) is 5.73 Å². The largest absolute Gasteiger partial charge is 0.444 e. The Morgan fingerprint density at radius 1 is 1.10 bits per heavy atom. The Hall–Kier alpha value is -2.51. The van der Waals surface area contributed by atoms with Crippen LogP contribution in [0.5, 0.6) is 0 Å². The van der Waals surface area contributed by atoms with Crippen LogP contribution in [-0.2, 0) is 15.9 Å². The second kappa shape index (κ2) is 10.2. The number of aromatic nitrogens is 1. The fourth-order valence-electron chi connectivity index (χ4n) is 2.67. The normalized spacial score (nSPS) is 13.5. The Kier molecular flexibility index (Phi) is 8.73. The van der Waals surface area contributed by atoms with Crippen LogP contribution in [0.15, 0.2) is 36.4 Å². The standard InChI is InChI=1S/C22H30FN3O3.C2H6/c1-20(2,3)29-19(27)26-21(4,5)15-11-17(14-7-9-16(23)10-8-14)25-18(12-15)22(6,28)13-24;1-2/h7-12,28H,13,24H2,1-6H3,(H,26,27);1-2H3. The number of ether oxygens (including phenoxy) is 1. The molecule has 0 fully saturated rings. The van der Waals surface area contributed by atoms with Gasteiger partial charge in [0.15, 0.2) is 0 Å². The summed E-state index contributed by atoms with van der Waals surface area (Å²) in [5.41, 5.74) is 5.15. The summed E-state index contributed by atoms with van der Waals surface area (Å²) in [6, 6.07) is 9.40. The first-order valence-corrected chi connectivity index (χ1v) is 10.5. The molecule has 0 saturated carbocycles. The smallest absolute Gasteiger partial charge is 0.408 e. The summed E-state index contributed by atoms with van der Waals surface area (Å²) >= 11 is 0. The van der Waals surface area contributed by atoms with E-state index in [-0.39, 0.29) is 12.4 Å². The minimum atomic E-state index is -1.37. The monoisotopic (exact) mass is 433 g/mol. The van der Waals surface area contributed by atoms with E-state index in [4.69, 9.17) is 10.5 Å². The molecule has 0 aliphatic rings. The van der Waals surface area contributed by atoms with Gasteiger partial charge in [0.1, 0.15) is 17.0 Å². The molecule has 1 aromatic carbocycles. The van der Waals surface area contributed by atoms with Crippen LogP contribution >= 0.6 is 0 Å². The maximum absolute atomic E-state index is 13.3. The van der Waals surface area contributed by atoms with Crippen molar-refractivity contribution in [3.63, 3.8) is 0 Å². The molecule has 1 atom stereocenters. The number of carbonyl (C=O) groups excluding carboxylic acids is 1. The Morgan fingerprint density at radius 2 is 1.65 bits per heavy atom. The minimum absolute atomic E-state index is 0.0355. The molecular formula is C24H36FN3O3.